The Morgan fingerprint density at radius 3 is 2.50 bits per heavy atom. The number of nitrogens with zero attached hydrogens (tertiary/aromatic N) is 3. The van der Waals surface area contributed by atoms with Crippen LogP contribution >= 0.6 is 11.6 Å². The van der Waals surface area contributed by atoms with Gasteiger partial charge in [0.2, 0.25) is 0 Å². The van der Waals surface area contributed by atoms with E-state index in [1.807, 2.05) is 32.0 Å². The van der Waals surface area contributed by atoms with Gasteiger partial charge in [0.15, 0.2) is 0 Å². The Morgan fingerprint density at radius 1 is 1.12 bits per heavy atom. The van der Waals surface area contributed by atoms with Crippen LogP contribution in [0.4, 0.5) is 11.5 Å². The number of pyridine rings is 1. The molecule has 1 aliphatic rings. The smallest absolute Gasteiger partial charge is 0.337 e. The lowest BCUT2D eigenvalue weighted by atomic mass is 10.1. The van der Waals surface area contributed by atoms with Crippen LogP contribution in [0.5, 0.6) is 0 Å². The van der Waals surface area contributed by atoms with Gasteiger partial charge in [-0.3, -0.25) is 9.20 Å². The third-order valence-electron chi connectivity index (χ3n) is 6.13. The lowest BCUT2D eigenvalue weighted by molar-refractivity contribution is 0.0698. The van der Waals surface area contributed by atoms with Crippen LogP contribution in [0, 0.1) is 6.92 Å². The number of halogens is 1. The van der Waals surface area contributed by atoms with Crippen molar-refractivity contribution in [3.05, 3.63) is 104 Å². The molecule has 0 saturated carbocycles. The van der Waals surface area contributed by atoms with Crippen molar-refractivity contribution >= 4 is 34.7 Å². The van der Waals surface area contributed by atoms with Gasteiger partial charge in [-0.2, -0.15) is 0 Å². The largest absolute Gasteiger partial charge is 0.478 e. The van der Waals surface area contributed by atoms with E-state index in [0.717, 1.165) is 11.1 Å². The molecule has 7 nitrogen and oxygen atoms in total. The number of benzene rings is 2. The number of carboxylic acids is 1. The van der Waals surface area contributed by atoms with E-state index in [1.165, 1.54) is 17.2 Å². The summed E-state index contributed by atoms with van der Waals surface area (Å²) in [5.74, 6) is -0.451. The molecule has 34 heavy (non-hydrogen) atoms. The Balaban J connectivity index is 1.56. The molecular formula is C26H23ClN4O3. The van der Waals surface area contributed by atoms with Gasteiger partial charge in [-0.15, -0.1) is 0 Å². The summed E-state index contributed by atoms with van der Waals surface area (Å²) < 4.78 is 1.55. The van der Waals surface area contributed by atoms with E-state index < -0.39 is 5.97 Å². The van der Waals surface area contributed by atoms with Crippen LogP contribution < -0.4 is 15.8 Å². The minimum absolute atomic E-state index is 0.0805. The Kier molecular flexibility index (Phi) is 5.49. The Labute approximate surface area is 201 Å². The zero-order chi connectivity index (χ0) is 24.0. The monoisotopic (exact) mass is 474 g/mol. The predicted octanol–water partition coefficient (Wildman–Crippen LogP) is 5.05. The Morgan fingerprint density at radius 2 is 1.82 bits per heavy atom. The maximum Gasteiger partial charge on any atom is 0.337 e. The summed E-state index contributed by atoms with van der Waals surface area (Å²) in [6, 6.07) is 16.1. The maximum atomic E-state index is 13.1. The molecule has 0 amide bonds. The molecule has 2 aromatic carbocycles. The topological polar surface area (TPSA) is 86.9 Å². The van der Waals surface area contributed by atoms with Gasteiger partial charge in [0.25, 0.3) is 5.56 Å². The first kappa shape index (κ1) is 22.0. The van der Waals surface area contributed by atoms with E-state index in [4.69, 9.17) is 16.6 Å². The van der Waals surface area contributed by atoms with Crippen LogP contribution in [0.3, 0.4) is 0 Å². The van der Waals surface area contributed by atoms with Gasteiger partial charge >= 0.3 is 5.97 Å². The quantitative estimate of drug-likeness (QED) is 0.421. The molecule has 172 valence electrons. The fourth-order valence-corrected chi connectivity index (χ4v) is 4.64. The van der Waals surface area contributed by atoms with Gasteiger partial charge in [-0.05, 0) is 54.8 Å². The molecule has 2 N–H and O–H groups in total. The lowest BCUT2D eigenvalue weighted by Crippen LogP contribution is -2.23. The highest BCUT2D eigenvalue weighted by molar-refractivity contribution is 6.31. The molecule has 3 heterocycles. The van der Waals surface area contributed by atoms with Crippen LogP contribution in [0.2, 0.25) is 5.02 Å². The van der Waals surface area contributed by atoms with E-state index in [1.54, 1.807) is 28.8 Å². The second-order valence-corrected chi connectivity index (χ2v) is 9.04. The highest BCUT2D eigenvalue weighted by Crippen LogP contribution is 2.30. The van der Waals surface area contributed by atoms with Crippen molar-refractivity contribution in [2.24, 2.45) is 0 Å². The van der Waals surface area contributed by atoms with Crippen LogP contribution in [-0.2, 0) is 13.1 Å². The number of carbonyl (C=O) groups is 1. The molecule has 0 aliphatic carbocycles. The minimum Gasteiger partial charge on any atom is -0.478 e. The summed E-state index contributed by atoms with van der Waals surface area (Å²) in [5.41, 5.74) is 5.05. The van der Waals surface area contributed by atoms with Crippen LogP contribution in [-0.4, -0.2) is 20.5 Å². The number of fused-ring (bicyclic) bond motifs is 2. The normalized spacial score (nSPS) is 13.7. The molecule has 0 fully saturated rings. The first-order chi connectivity index (χ1) is 16.3. The number of aryl methyl sites for hydroxylation is 1. The number of aromatic nitrogens is 2. The average Bonchev–Trinajstić information content (AvgIpc) is 3.24. The van der Waals surface area contributed by atoms with Gasteiger partial charge in [-0.25, -0.2) is 9.78 Å². The SMILES string of the molecule is Cc1cc([C@@H](C)Nc2ccc(Cl)cc2C(=O)O)c2nc(N3Cc4ccccc4C3)cc(=O)n2c1. The van der Waals surface area contributed by atoms with Gasteiger partial charge in [0.05, 0.1) is 11.6 Å². The van der Waals surface area contributed by atoms with Crippen molar-refractivity contribution in [2.75, 3.05) is 10.2 Å². The van der Waals surface area contributed by atoms with E-state index in [-0.39, 0.29) is 17.2 Å². The van der Waals surface area contributed by atoms with Crippen molar-refractivity contribution in [2.45, 2.75) is 33.0 Å². The van der Waals surface area contributed by atoms with Gasteiger partial charge in [0, 0.05) is 41.6 Å². The third-order valence-corrected chi connectivity index (χ3v) is 6.36. The highest BCUT2D eigenvalue weighted by Gasteiger charge is 2.22. The molecule has 0 saturated heterocycles. The maximum absolute atomic E-state index is 13.1. The van der Waals surface area contributed by atoms with Crippen molar-refractivity contribution in [3.63, 3.8) is 0 Å². The Bertz CT molecular complexity index is 1470. The minimum atomic E-state index is -1.07. The van der Waals surface area contributed by atoms with Gasteiger partial charge < -0.3 is 15.3 Å². The highest BCUT2D eigenvalue weighted by atomic mass is 35.5. The first-order valence-electron chi connectivity index (χ1n) is 11.0. The number of hydrogen-bond acceptors (Lipinski definition) is 5. The van der Waals surface area contributed by atoms with E-state index in [9.17, 15) is 14.7 Å². The number of aromatic carboxylic acids is 1. The fraction of sp³-hybridized carbons (Fsp3) is 0.192. The number of hydrogen-bond donors (Lipinski definition) is 2. The second kappa shape index (κ2) is 8.50. The number of anilines is 2. The summed E-state index contributed by atoms with van der Waals surface area (Å²) in [5, 5.41) is 13.2. The molecule has 5 rings (SSSR count). The molecule has 4 aromatic rings. The summed E-state index contributed by atoms with van der Waals surface area (Å²) in [7, 11) is 0. The van der Waals surface area contributed by atoms with Crippen LogP contribution in [0.15, 0.2) is 65.6 Å². The molecule has 0 bridgehead atoms. The molecule has 8 heteroatoms. The predicted molar refractivity (Wildman–Crippen MR) is 133 cm³/mol. The van der Waals surface area contributed by atoms with Crippen LogP contribution in [0.1, 0.15) is 45.6 Å². The second-order valence-electron chi connectivity index (χ2n) is 8.60. The van der Waals surface area contributed by atoms with Crippen molar-refractivity contribution in [3.8, 4) is 0 Å². The van der Waals surface area contributed by atoms with E-state index >= 15 is 0 Å². The van der Waals surface area contributed by atoms with Crippen molar-refractivity contribution in [1.82, 2.24) is 9.38 Å². The van der Waals surface area contributed by atoms with Crippen molar-refractivity contribution in [1.29, 1.82) is 0 Å². The summed E-state index contributed by atoms with van der Waals surface area (Å²) in [6.07, 6.45) is 1.77. The number of nitrogens with one attached hydrogen (secondary N) is 1. The Hall–Kier alpha value is -3.84. The average molecular weight is 475 g/mol. The zero-order valence-corrected chi connectivity index (χ0v) is 19.5. The van der Waals surface area contributed by atoms with Gasteiger partial charge in [-0.1, -0.05) is 35.9 Å². The number of rotatable bonds is 5. The molecule has 0 spiro atoms. The zero-order valence-electron chi connectivity index (χ0n) is 18.7. The fourth-order valence-electron chi connectivity index (χ4n) is 4.46. The standard InChI is InChI=1S/C26H23ClN4O3/c1-15-9-20(16(2)28-22-8-7-19(27)10-21(22)26(33)34)25-29-23(11-24(32)31(25)12-15)30-13-17-5-3-4-6-18(17)14-30/h3-12,16,28H,13-14H2,1-2H3,(H,33,34)/t16-/m1/s1. The molecule has 0 unspecified atom stereocenters. The van der Waals surface area contributed by atoms with Crippen molar-refractivity contribution < 1.29 is 9.90 Å². The van der Waals surface area contributed by atoms with Crippen LogP contribution in [0.25, 0.3) is 5.65 Å². The van der Waals surface area contributed by atoms with E-state index in [0.29, 0.717) is 35.3 Å². The molecule has 2 aromatic heterocycles. The molecular weight excluding hydrogens is 452 g/mol. The third kappa shape index (κ3) is 3.99. The molecule has 0 radical (unpaired) electrons. The van der Waals surface area contributed by atoms with E-state index in [2.05, 4.69) is 22.3 Å². The van der Waals surface area contributed by atoms with Gasteiger partial charge in [0.1, 0.15) is 11.5 Å². The first-order valence-corrected chi connectivity index (χ1v) is 11.3. The summed E-state index contributed by atoms with van der Waals surface area (Å²) >= 11 is 6.00. The lowest BCUT2D eigenvalue weighted by Gasteiger charge is -2.21. The summed E-state index contributed by atoms with van der Waals surface area (Å²) in [4.78, 5) is 31.8. The molecule has 1 atom stereocenters. The number of carboxylic acid groups (broad SMARTS) is 1. The summed E-state index contributed by atoms with van der Waals surface area (Å²) in [6.45, 7) is 5.22. The molecule has 1 aliphatic heterocycles.